The SMILES string of the molecule is CCNC(=O)[C@@H](C)N(Cc1ccc(OC)cc1)C(=O)CCCN(c1cc(C)ccc1C)S(C)(=O)=O. The van der Waals surface area contributed by atoms with Crippen molar-refractivity contribution in [3.8, 4) is 5.75 Å². The molecule has 0 aliphatic heterocycles. The molecule has 1 N–H and O–H groups in total. The van der Waals surface area contributed by atoms with E-state index in [2.05, 4.69) is 5.32 Å². The number of methoxy groups -OCH3 is 1. The van der Waals surface area contributed by atoms with E-state index in [-0.39, 0.29) is 31.3 Å². The van der Waals surface area contributed by atoms with E-state index < -0.39 is 16.1 Å². The van der Waals surface area contributed by atoms with Gasteiger partial charge in [-0.3, -0.25) is 13.9 Å². The van der Waals surface area contributed by atoms with Gasteiger partial charge in [-0.1, -0.05) is 24.3 Å². The third kappa shape index (κ3) is 7.99. The van der Waals surface area contributed by atoms with Gasteiger partial charge < -0.3 is 15.0 Å². The van der Waals surface area contributed by atoms with Crippen molar-refractivity contribution in [3.63, 3.8) is 0 Å². The summed E-state index contributed by atoms with van der Waals surface area (Å²) < 4.78 is 31.6. The molecule has 0 heterocycles. The molecule has 0 aromatic heterocycles. The lowest BCUT2D eigenvalue weighted by Crippen LogP contribution is -2.47. The van der Waals surface area contributed by atoms with Gasteiger partial charge >= 0.3 is 0 Å². The number of likely N-dealkylation sites (N-methyl/N-ethyl adjacent to an activating group) is 1. The molecule has 0 aliphatic carbocycles. The van der Waals surface area contributed by atoms with Gasteiger partial charge in [0.2, 0.25) is 21.8 Å². The lowest BCUT2D eigenvalue weighted by Gasteiger charge is -2.29. The molecule has 2 amide bonds. The van der Waals surface area contributed by atoms with Crippen LogP contribution in [0.3, 0.4) is 0 Å². The highest BCUT2D eigenvalue weighted by Crippen LogP contribution is 2.25. The Morgan fingerprint density at radius 1 is 1.09 bits per heavy atom. The smallest absolute Gasteiger partial charge is 0.242 e. The number of hydrogen-bond acceptors (Lipinski definition) is 5. The van der Waals surface area contributed by atoms with Crippen LogP contribution in [0.1, 0.15) is 43.4 Å². The summed E-state index contributed by atoms with van der Waals surface area (Å²) >= 11 is 0. The van der Waals surface area contributed by atoms with Crippen molar-refractivity contribution >= 4 is 27.5 Å². The van der Waals surface area contributed by atoms with Gasteiger partial charge in [-0.2, -0.15) is 0 Å². The number of carbonyl (C=O) groups is 2. The zero-order valence-electron chi connectivity index (χ0n) is 21.5. The van der Waals surface area contributed by atoms with Crippen LogP contribution < -0.4 is 14.4 Å². The normalized spacial score (nSPS) is 12.1. The third-order valence-electron chi connectivity index (χ3n) is 5.82. The Kier molecular flexibility index (Phi) is 10.1. The van der Waals surface area contributed by atoms with E-state index in [0.29, 0.717) is 24.4 Å². The number of amides is 2. The average Bonchev–Trinajstić information content (AvgIpc) is 2.81. The topological polar surface area (TPSA) is 96.0 Å². The highest BCUT2D eigenvalue weighted by Gasteiger charge is 2.26. The molecule has 0 fully saturated rings. The second-order valence-electron chi connectivity index (χ2n) is 8.67. The van der Waals surface area contributed by atoms with Crippen LogP contribution in [-0.4, -0.2) is 57.6 Å². The van der Waals surface area contributed by atoms with Crippen molar-refractivity contribution in [2.75, 3.05) is 30.8 Å². The predicted molar refractivity (Wildman–Crippen MR) is 139 cm³/mol. The first-order valence-corrected chi connectivity index (χ1v) is 13.6. The van der Waals surface area contributed by atoms with Crippen LogP contribution in [-0.2, 0) is 26.2 Å². The first-order chi connectivity index (χ1) is 16.5. The summed E-state index contributed by atoms with van der Waals surface area (Å²) in [6, 6.07) is 12.3. The molecular formula is C26H37N3O5S. The summed E-state index contributed by atoms with van der Waals surface area (Å²) in [5.41, 5.74) is 3.28. The number of sulfonamides is 1. The van der Waals surface area contributed by atoms with E-state index in [1.54, 1.807) is 14.0 Å². The molecular weight excluding hydrogens is 466 g/mol. The number of nitrogens with one attached hydrogen (secondary N) is 1. The predicted octanol–water partition coefficient (Wildman–Crippen LogP) is 3.41. The molecule has 1 atom stereocenters. The highest BCUT2D eigenvalue weighted by molar-refractivity contribution is 7.92. The van der Waals surface area contributed by atoms with Gasteiger partial charge in [-0.25, -0.2) is 8.42 Å². The molecule has 2 rings (SSSR count). The average molecular weight is 504 g/mol. The zero-order chi connectivity index (χ0) is 26.2. The number of aryl methyl sites for hydroxylation is 2. The first-order valence-electron chi connectivity index (χ1n) is 11.7. The fourth-order valence-electron chi connectivity index (χ4n) is 3.80. The fraction of sp³-hybridized carbons (Fsp3) is 0.462. The van der Waals surface area contributed by atoms with E-state index >= 15 is 0 Å². The Hall–Kier alpha value is -3.07. The molecule has 0 saturated carbocycles. The number of ether oxygens (including phenoxy) is 1. The molecule has 8 nitrogen and oxygen atoms in total. The summed E-state index contributed by atoms with van der Waals surface area (Å²) in [5.74, 6) is 0.257. The maximum atomic E-state index is 13.3. The van der Waals surface area contributed by atoms with Crippen molar-refractivity contribution in [2.24, 2.45) is 0 Å². The van der Waals surface area contributed by atoms with Crippen LogP contribution in [0.2, 0.25) is 0 Å². The Labute approximate surface area is 209 Å². The Balaban J connectivity index is 2.19. The molecule has 0 bridgehead atoms. The number of benzene rings is 2. The number of nitrogens with zero attached hydrogens (tertiary/aromatic N) is 2. The molecule has 0 radical (unpaired) electrons. The van der Waals surface area contributed by atoms with Crippen molar-refractivity contribution in [3.05, 3.63) is 59.2 Å². The maximum Gasteiger partial charge on any atom is 0.242 e. The first kappa shape index (κ1) is 28.2. The minimum atomic E-state index is -3.54. The van der Waals surface area contributed by atoms with Gasteiger partial charge in [0.05, 0.1) is 19.1 Å². The van der Waals surface area contributed by atoms with Gasteiger partial charge in [0.15, 0.2) is 0 Å². The number of rotatable bonds is 12. The fourth-order valence-corrected chi connectivity index (χ4v) is 4.82. The van der Waals surface area contributed by atoms with Gasteiger partial charge in [-0.15, -0.1) is 0 Å². The molecule has 2 aromatic carbocycles. The van der Waals surface area contributed by atoms with E-state index in [0.717, 1.165) is 16.7 Å². The molecule has 9 heteroatoms. The number of carbonyl (C=O) groups excluding carboxylic acids is 2. The molecule has 0 aliphatic rings. The molecule has 2 aromatic rings. The molecule has 35 heavy (non-hydrogen) atoms. The van der Waals surface area contributed by atoms with Gasteiger partial charge in [-0.05, 0) is 69.0 Å². The van der Waals surface area contributed by atoms with Crippen molar-refractivity contribution in [1.29, 1.82) is 0 Å². The van der Waals surface area contributed by atoms with E-state index in [1.165, 1.54) is 15.5 Å². The number of anilines is 1. The molecule has 0 saturated heterocycles. The van der Waals surface area contributed by atoms with Gasteiger partial charge in [0, 0.05) is 26.1 Å². The second-order valence-corrected chi connectivity index (χ2v) is 10.6. The van der Waals surface area contributed by atoms with E-state index in [1.807, 2.05) is 63.2 Å². The lowest BCUT2D eigenvalue weighted by atomic mass is 10.1. The Bertz CT molecular complexity index is 1120. The van der Waals surface area contributed by atoms with Crippen molar-refractivity contribution < 1.29 is 22.7 Å². The summed E-state index contributed by atoms with van der Waals surface area (Å²) in [4.78, 5) is 27.3. The minimum absolute atomic E-state index is 0.108. The standard InChI is InChI=1S/C26H37N3O5S/c1-7-27-26(31)21(4)28(18-22-12-14-23(34-5)15-13-22)25(30)9-8-16-29(35(6,32)33)24-17-19(2)10-11-20(24)3/h10-15,17,21H,7-9,16,18H2,1-6H3,(H,27,31)/t21-/m1/s1. The van der Waals surface area contributed by atoms with Crippen LogP contribution in [0.15, 0.2) is 42.5 Å². The largest absolute Gasteiger partial charge is 0.497 e. The minimum Gasteiger partial charge on any atom is -0.497 e. The summed E-state index contributed by atoms with van der Waals surface area (Å²) in [7, 11) is -1.95. The molecule has 0 unspecified atom stereocenters. The Morgan fingerprint density at radius 2 is 1.74 bits per heavy atom. The summed E-state index contributed by atoms with van der Waals surface area (Å²) in [5, 5.41) is 2.77. The highest BCUT2D eigenvalue weighted by atomic mass is 32.2. The summed E-state index contributed by atoms with van der Waals surface area (Å²) in [6.07, 6.45) is 1.60. The van der Waals surface area contributed by atoms with Crippen LogP contribution in [0.5, 0.6) is 5.75 Å². The van der Waals surface area contributed by atoms with Gasteiger partial charge in [0.1, 0.15) is 11.8 Å². The third-order valence-corrected chi connectivity index (χ3v) is 7.00. The molecule has 0 spiro atoms. The number of hydrogen-bond donors (Lipinski definition) is 1. The van der Waals surface area contributed by atoms with Crippen LogP contribution >= 0.6 is 0 Å². The monoisotopic (exact) mass is 503 g/mol. The van der Waals surface area contributed by atoms with Gasteiger partial charge in [0.25, 0.3) is 0 Å². The van der Waals surface area contributed by atoms with E-state index in [9.17, 15) is 18.0 Å². The molecule has 192 valence electrons. The van der Waals surface area contributed by atoms with Crippen LogP contribution in [0, 0.1) is 13.8 Å². The van der Waals surface area contributed by atoms with Crippen molar-refractivity contribution in [2.45, 2.75) is 53.1 Å². The van der Waals surface area contributed by atoms with Crippen LogP contribution in [0.25, 0.3) is 0 Å². The lowest BCUT2D eigenvalue weighted by molar-refractivity contribution is -0.140. The van der Waals surface area contributed by atoms with Crippen LogP contribution in [0.4, 0.5) is 5.69 Å². The van der Waals surface area contributed by atoms with Crippen molar-refractivity contribution in [1.82, 2.24) is 10.2 Å². The maximum absolute atomic E-state index is 13.3. The second kappa shape index (κ2) is 12.6. The zero-order valence-corrected chi connectivity index (χ0v) is 22.3. The summed E-state index contributed by atoms with van der Waals surface area (Å²) in [6.45, 7) is 8.19. The Morgan fingerprint density at radius 3 is 2.31 bits per heavy atom. The quantitative estimate of drug-likeness (QED) is 0.479. The van der Waals surface area contributed by atoms with E-state index in [4.69, 9.17) is 4.74 Å².